The molecule has 2 heterocycles. The number of phenols is 1. The van der Waals surface area contributed by atoms with Crippen LogP contribution in [-0.4, -0.2) is 40.4 Å². The van der Waals surface area contributed by atoms with Crippen LogP contribution in [0.15, 0.2) is 41.5 Å². The number of phenolic OH excluding ortho intramolecular Hbond substituents is 1. The minimum atomic E-state index is -0.312. The zero-order chi connectivity index (χ0) is 18.3. The lowest BCUT2D eigenvalue weighted by Gasteiger charge is -2.17. The Hall–Kier alpha value is -2.97. The van der Waals surface area contributed by atoms with Gasteiger partial charge in [-0.1, -0.05) is 17.7 Å². The molecule has 0 bridgehead atoms. The third-order valence-corrected chi connectivity index (χ3v) is 4.62. The fourth-order valence-corrected chi connectivity index (χ4v) is 3.07. The number of aromatic nitrogens is 2. The van der Waals surface area contributed by atoms with E-state index in [0.29, 0.717) is 16.7 Å². The van der Waals surface area contributed by atoms with Crippen molar-refractivity contribution in [1.82, 2.24) is 20.6 Å². The van der Waals surface area contributed by atoms with Crippen molar-refractivity contribution in [1.29, 1.82) is 0 Å². The molecule has 1 unspecified atom stereocenters. The molecule has 0 spiro atoms. The molecule has 1 aliphatic heterocycles. The highest BCUT2D eigenvalue weighted by atomic mass is 35.5. The predicted octanol–water partition coefficient (Wildman–Crippen LogP) is 2.85. The molecule has 1 aliphatic rings. The topological polar surface area (TPSA) is 97.8 Å². The molecule has 0 fully saturated rings. The monoisotopic (exact) mass is 372 g/mol. The summed E-state index contributed by atoms with van der Waals surface area (Å²) >= 11 is 6.46. The number of aromatic hydroxyl groups is 1. The Morgan fingerprint density at radius 1 is 1.31 bits per heavy atom. The fourth-order valence-electron chi connectivity index (χ4n) is 2.81. The minimum Gasteiger partial charge on any atom is -0.504 e. The summed E-state index contributed by atoms with van der Waals surface area (Å²) < 4.78 is 5.16. The van der Waals surface area contributed by atoms with Gasteiger partial charge in [0.05, 0.1) is 29.5 Å². The van der Waals surface area contributed by atoms with Crippen LogP contribution >= 0.6 is 11.6 Å². The maximum Gasteiger partial charge on any atom is 0.215 e. The normalized spacial score (nSPS) is 16.8. The standard InChI is InChI=1S/C17H17ClN6O2/c1-24-17(20-12-5-4-11-10(15(12)18)8-19-22-11)21-16(23-24)9-3-6-13(25)14(7-9)26-2/h3-8,16,23,25H,1-2H3,(H,19,22)(H,20,21). The van der Waals surface area contributed by atoms with Gasteiger partial charge in [-0.2, -0.15) is 5.10 Å². The highest BCUT2D eigenvalue weighted by Gasteiger charge is 2.24. The van der Waals surface area contributed by atoms with E-state index < -0.39 is 0 Å². The van der Waals surface area contributed by atoms with E-state index in [0.717, 1.165) is 22.2 Å². The number of hydrogen-bond donors (Lipinski definition) is 4. The van der Waals surface area contributed by atoms with E-state index in [9.17, 15) is 5.11 Å². The molecule has 8 nitrogen and oxygen atoms in total. The van der Waals surface area contributed by atoms with Crippen molar-refractivity contribution in [3.63, 3.8) is 0 Å². The van der Waals surface area contributed by atoms with Crippen LogP contribution < -0.4 is 15.5 Å². The van der Waals surface area contributed by atoms with E-state index in [4.69, 9.17) is 16.3 Å². The summed E-state index contributed by atoms with van der Waals surface area (Å²) in [6, 6.07) is 8.90. The van der Waals surface area contributed by atoms with E-state index >= 15 is 0 Å². The first-order valence-corrected chi connectivity index (χ1v) is 8.28. The highest BCUT2D eigenvalue weighted by molar-refractivity contribution is 6.38. The highest BCUT2D eigenvalue weighted by Crippen LogP contribution is 2.32. The van der Waals surface area contributed by atoms with E-state index in [1.807, 2.05) is 19.2 Å². The summed E-state index contributed by atoms with van der Waals surface area (Å²) in [5.74, 6) is 1.11. The van der Waals surface area contributed by atoms with Crippen LogP contribution in [-0.2, 0) is 0 Å². The number of hydrazine groups is 1. The van der Waals surface area contributed by atoms with Crippen molar-refractivity contribution in [2.45, 2.75) is 6.17 Å². The van der Waals surface area contributed by atoms with Gasteiger partial charge in [0.1, 0.15) is 6.17 Å². The molecule has 4 N–H and O–H groups in total. The summed E-state index contributed by atoms with van der Waals surface area (Å²) in [5.41, 5.74) is 5.70. The van der Waals surface area contributed by atoms with E-state index in [-0.39, 0.29) is 11.9 Å². The average molecular weight is 373 g/mol. The van der Waals surface area contributed by atoms with Gasteiger partial charge in [-0.3, -0.25) is 10.1 Å². The van der Waals surface area contributed by atoms with Crippen LogP contribution in [0.2, 0.25) is 5.02 Å². The number of nitrogens with zero attached hydrogens (tertiary/aromatic N) is 3. The molecule has 0 saturated heterocycles. The smallest absolute Gasteiger partial charge is 0.215 e. The van der Waals surface area contributed by atoms with Gasteiger partial charge in [0, 0.05) is 12.4 Å². The maximum absolute atomic E-state index is 9.75. The number of aromatic amines is 1. The van der Waals surface area contributed by atoms with Crippen molar-refractivity contribution < 1.29 is 9.84 Å². The van der Waals surface area contributed by atoms with Crippen LogP contribution in [0.25, 0.3) is 10.9 Å². The SMILES string of the molecule is COc1cc(C2N=C(Nc3ccc4[nH]ncc4c3Cl)N(C)N2)ccc1O. The van der Waals surface area contributed by atoms with Gasteiger partial charge < -0.3 is 15.2 Å². The average Bonchev–Trinajstić information content (AvgIpc) is 3.25. The molecule has 0 amide bonds. The number of nitrogens with one attached hydrogen (secondary N) is 3. The van der Waals surface area contributed by atoms with E-state index in [1.54, 1.807) is 29.4 Å². The number of ether oxygens (including phenoxy) is 1. The molecule has 4 rings (SSSR count). The summed E-state index contributed by atoms with van der Waals surface area (Å²) in [6.45, 7) is 0. The number of fused-ring (bicyclic) bond motifs is 1. The molecular weight excluding hydrogens is 356 g/mol. The molecule has 1 aromatic heterocycles. The summed E-state index contributed by atoms with van der Waals surface area (Å²) in [6.07, 6.45) is 1.38. The zero-order valence-electron chi connectivity index (χ0n) is 14.1. The van der Waals surface area contributed by atoms with E-state index in [2.05, 4.69) is 25.9 Å². The summed E-state index contributed by atoms with van der Waals surface area (Å²) in [7, 11) is 3.37. The number of methoxy groups -OCH3 is 1. The molecule has 9 heteroatoms. The lowest BCUT2D eigenvalue weighted by molar-refractivity contribution is 0.349. The van der Waals surface area contributed by atoms with Crippen molar-refractivity contribution in [3.8, 4) is 11.5 Å². The third kappa shape index (κ3) is 2.79. The number of guanidine groups is 1. The van der Waals surface area contributed by atoms with Crippen LogP contribution in [0, 0.1) is 0 Å². The van der Waals surface area contributed by atoms with Crippen molar-refractivity contribution in [3.05, 3.63) is 47.1 Å². The molecule has 0 saturated carbocycles. The zero-order valence-corrected chi connectivity index (χ0v) is 14.9. The molecule has 134 valence electrons. The van der Waals surface area contributed by atoms with Crippen LogP contribution in [0.3, 0.4) is 0 Å². The Morgan fingerprint density at radius 2 is 2.15 bits per heavy atom. The van der Waals surface area contributed by atoms with Crippen molar-refractivity contribution in [2.75, 3.05) is 19.5 Å². The second-order valence-corrected chi connectivity index (χ2v) is 6.24. The molecule has 2 aromatic carbocycles. The predicted molar refractivity (Wildman–Crippen MR) is 100 cm³/mol. The molecule has 0 radical (unpaired) electrons. The Labute approximate surface area is 154 Å². The first-order chi connectivity index (χ1) is 12.6. The van der Waals surface area contributed by atoms with Crippen LogP contribution in [0.4, 0.5) is 5.69 Å². The Morgan fingerprint density at radius 3 is 2.96 bits per heavy atom. The fraction of sp³-hybridized carbons (Fsp3) is 0.176. The number of anilines is 1. The summed E-state index contributed by atoms with van der Waals surface area (Å²) in [4.78, 5) is 4.65. The number of rotatable bonds is 3. The number of benzene rings is 2. The Bertz CT molecular complexity index is 1000. The number of halogens is 1. The quantitative estimate of drug-likeness (QED) is 0.564. The lowest BCUT2D eigenvalue weighted by Crippen LogP contribution is -2.37. The second-order valence-electron chi connectivity index (χ2n) is 5.86. The first-order valence-electron chi connectivity index (χ1n) is 7.90. The number of hydrogen-bond acceptors (Lipinski definition) is 7. The summed E-state index contributed by atoms with van der Waals surface area (Å²) in [5, 5.41) is 23.1. The number of H-pyrrole nitrogens is 1. The molecule has 26 heavy (non-hydrogen) atoms. The second kappa shape index (κ2) is 6.40. The first kappa shape index (κ1) is 16.5. The minimum absolute atomic E-state index is 0.0881. The number of aliphatic imine (C=N–C) groups is 1. The largest absolute Gasteiger partial charge is 0.504 e. The van der Waals surface area contributed by atoms with Gasteiger partial charge >= 0.3 is 0 Å². The van der Waals surface area contributed by atoms with Gasteiger partial charge in [-0.05, 0) is 29.8 Å². The Balaban J connectivity index is 1.62. The van der Waals surface area contributed by atoms with E-state index in [1.165, 1.54) is 7.11 Å². The van der Waals surface area contributed by atoms with Crippen LogP contribution in [0.1, 0.15) is 11.7 Å². The van der Waals surface area contributed by atoms with Crippen molar-refractivity contribution in [2.24, 2.45) is 4.99 Å². The lowest BCUT2D eigenvalue weighted by atomic mass is 10.1. The third-order valence-electron chi connectivity index (χ3n) is 4.21. The molecule has 3 aromatic rings. The van der Waals surface area contributed by atoms with Crippen LogP contribution in [0.5, 0.6) is 11.5 Å². The van der Waals surface area contributed by atoms with Gasteiger partial charge in [0.25, 0.3) is 0 Å². The van der Waals surface area contributed by atoms with Gasteiger partial charge in [-0.25, -0.2) is 10.4 Å². The molecule has 0 aliphatic carbocycles. The Kier molecular flexibility index (Phi) is 4.06. The van der Waals surface area contributed by atoms with Gasteiger partial charge in [0.15, 0.2) is 11.5 Å². The molecule has 1 atom stereocenters. The molecular formula is C17H17ClN6O2. The van der Waals surface area contributed by atoms with Gasteiger partial charge in [0.2, 0.25) is 5.96 Å². The maximum atomic E-state index is 9.75. The van der Waals surface area contributed by atoms with Gasteiger partial charge in [-0.15, -0.1) is 0 Å². The van der Waals surface area contributed by atoms with Crippen molar-refractivity contribution >= 4 is 34.2 Å².